The fraction of sp³-hybridized carbons (Fsp3) is 0.167. The van der Waals surface area contributed by atoms with Crippen molar-refractivity contribution in [2.45, 2.75) is 6.92 Å². The van der Waals surface area contributed by atoms with Gasteiger partial charge in [0.15, 0.2) is 6.29 Å². The third-order valence-electron chi connectivity index (χ3n) is 2.37. The van der Waals surface area contributed by atoms with Gasteiger partial charge in [0.1, 0.15) is 0 Å². The average Bonchev–Trinajstić information content (AvgIpc) is 2.57. The van der Waals surface area contributed by atoms with E-state index in [1.54, 1.807) is 4.68 Å². The van der Waals surface area contributed by atoms with Crippen LogP contribution < -0.4 is 0 Å². The number of nitrogens with zero attached hydrogens (tertiary/aromatic N) is 2. The minimum absolute atomic E-state index is 0.695. The summed E-state index contributed by atoms with van der Waals surface area (Å²) in [6.07, 6.45) is 0.873. The molecule has 0 saturated carbocycles. The van der Waals surface area contributed by atoms with Gasteiger partial charge in [-0.3, -0.25) is 9.48 Å². The van der Waals surface area contributed by atoms with E-state index in [1.165, 1.54) is 0 Å². The van der Waals surface area contributed by atoms with Gasteiger partial charge in [-0.05, 0) is 13.0 Å². The Kier molecular flexibility index (Phi) is 2.37. The highest BCUT2D eigenvalue weighted by Gasteiger charge is 2.08. The summed E-state index contributed by atoms with van der Waals surface area (Å²) in [7, 11) is 1.88. The summed E-state index contributed by atoms with van der Waals surface area (Å²) in [5, 5.41) is 4.26. The number of aldehydes is 1. The van der Waals surface area contributed by atoms with Crippen molar-refractivity contribution in [2.75, 3.05) is 0 Å². The zero-order chi connectivity index (χ0) is 10.8. The summed E-state index contributed by atoms with van der Waals surface area (Å²) in [5.41, 5.74) is 3.54. The fourth-order valence-corrected chi connectivity index (χ4v) is 1.70. The van der Waals surface area contributed by atoms with Crippen LogP contribution in [-0.4, -0.2) is 16.1 Å². The van der Waals surface area contributed by atoms with Gasteiger partial charge in [-0.25, -0.2) is 0 Å². The predicted octanol–water partition coefficient (Wildman–Crippen LogP) is 2.21. The Bertz CT molecular complexity index is 500. The molecule has 0 radical (unpaired) electrons. The lowest BCUT2D eigenvalue weighted by atomic mass is 10.1. The molecule has 0 bridgehead atoms. The highest BCUT2D eigenvalue weighted by molar-refractivity contribution is 5.86. The predicted molar refractivity (Wildman–Crippen MR) is 58.8 cm³/mol. The molecule has 3 nitrogen and oxygen atoms in total. The molecule has 0 aliphatic carbocycles. The smallest absolute Gasteiger partial charge is 0.150 e. The minimum Gasteiger partial charge on any atom is -0.298 e. The van der Waals surface area contributed by atoms with Gasteiger partial charge in [0.2, 0.25) is 0 Å². The van der Waals surface area contributed by atoms with Gasteiger partial charge in [0.05, 0.1) is 11.4 Å². The standard InChI is InChI=1S/C12H12N2O/c1-9-7-12(14(2)13-9)11-6-4-3-5-10(11)8-15/h3-8H,1-2H3. The van der Waals surface area contributed by atoms with Crippen molar-refractivity contribution in [2.24, 2.45) is 7.05 Å². The number of carbonyl (C=O) groups excluding carboxylic acids is 1. The second-order valence-electron chi connectivity index (χ2n) is 3.50. The minimum atomic E-state index is 0.695. The molecule has 76 valence electrons. The Labute approximate surface area is 88.4 Å². The van der Waals surface area contributed by atoms with Crippen molar-refractivity contribution in [3.05, 3.63) is 41.6 Å². The van der Waals surface area contributed by atoms with Crippen molar-refractivity contribution >= 4 is 6.29 Å². The quantitative estimate of drug-likeness (QED) is 0.696. The molecule has 2 aromatic rings. The Hall–Kier alpha value is -1.90. The van der Waals surface area contributed by atoms with Crippen molar-refractivity contribution in [1.29, 1.82) is 0 Å². The highest BCUT2D eigenvalue weighted by atomic mass is 16.1. The first-order valence-electron chi connectivity index (χ1n) is 4.77. The van der Waals surface area contributed by atoms with Gasteiger partial charge in [0.25, 0.3) is 0 Å². The van der Waals surface area contributed by atoms with Gasteiger partial charge >= 0.3 is 0 Å². The van der Waals surface area contributed by atoms with Crippen molar-refractivity contribution in [3.8, 4) is 11.3 Å². The van der Waals surface area contributed by atoms with Crippen LogP contribution in [0.3, 0.4) is 0 Å². The molecule has 0 N–H and O–H groups in total. The molecule has 2 rings (SSSR count). The normalized spacial score (nSPS) is 10.3. The first-order chi connectivity index (χ1) is 7.22. The van der Waals surface area contributed by atoms with Gasteiger partial charge in [-0.15, -0.1) is 0 Å². The van der Waals surface area contributed by atoms with Crippen LogP contribution in [0.25, 0.3) is 11.3 Å². The van der Waals surface area contributed by atoms with Crippen LogP contribution in [0, 0.1) is 6.92 Å². The number of aryl methyl sites for hydroxylation is 2. The maximum Gasteiger partial charge on any atom is 0.150 e. The van der Waals surface area contributed by atoms with E-state index >= 15 is 0 Å². The molecule has 0 aliphatic heterocycles. The van der Waals surface area contributed by atoms with E-state index in [2.05, 4.69) is 5.10 Å². The molecule has 1 aromatic carbocycles. The summed E-state index contributed by atoms with van der Waals surface area (Å²) in [5.74, 6) is 0. The zero-order valence-corrected chi connectivity index (χ0v) is 8.77. The summed E-state index contributed by atoms with van der Waals surface area (Å²) in [4.78, 5) is 10.9. The Morgan fingerprint density at radius 1 is 1.33 bits per heavy atom. The first-order valence-corrected chi connectivity index (χ1v) is 4.77. The van der Waals surface area contributed by atoms with E-state index in [-0.39, 0.29) is 0 Å². The second-order valence-corrected chi connectivity index (χ2v) is 3.50. The SMILES string of the molecule is Cc1cc(-c2ccccc2C=O)n(C)n1. The maximum absolute atomic E-state index is 10.9. The summed E-state index contributed by atoms with van der Waals surface area (Å²) < 4.78 is 1.79. The number of hydrogen-bond acceptors (Lipinski definition) is 2. The van der Waals surface area contributed by atoms with Crippen LogP contribution in [0.5, 0.6) is 0 Å². The lowest BCUT2D eigenvalue weighted by Crippen LogP contribution is -1.96. The average molecular weight is 200 g/mol. The van der Waals surface area contributed by atoms with E-state index in [1.807, 2.05) is 44.3 Å². The monoisotopic (exact) mass is 200 g/mol. The topological polar surface area (TPSA) is 34.9 Å². The van der Waals surface area contributed by atoms with Crippen LogP contribution in [0.15, 0.2) is 30.3 Å². The molecule has 1 heterocycles. The molecule has 0 aliphatic rings. The van der Waals surface area contributed by atoms with Gasteiger partial charge < -0.3 is 0 Å². The third-order valence-corrected chi connectivity index (χ3v) is 2.37. The molecule has 0 fully saturated rings. The van der Waals surface area contributed by atoms with Gasteiger partial charge in [0, 0.05) is 18.2 Å². The summed E-state index contributed by atoms with van der Waals surface area (Å²) in [6, 6.07) is 9.49. The molecular weight excluding hydrogens is 188 g/mol. The summed E-state index contributed by atoms with van der Waals surface area (Å²) >= 11 is 0. The lowest BCUT2D eigenvalue weighted by molar-refractivity contribution is 0.112. The third kappa shape index (κ3) is 1.68. The Balaban J connectivity index is 2.63. The number of hydrogen-bond donors (Lipinski definition) is 0. The molecule has 3 heteroatoms. The van der Waals surface area contributed by atoms with E-state index in [4.69, 9.17) is 0 Å². The molecule has 0 atom stereocenters. The van der Waals surface area contributed by atoms with E-state index in [0.717, 1.165) is 23.2 Å². The molecule has 0 spiro atoms. The van der Waals surface area contributed by atoms with Crippen molar-refractivity contribution in [1.82, 2.24) is 9.78 Å². The van der Waals surface area contributed by atoms with E-state index in [0.29, 0.717) is 5.56 Å². The van der Waals surface area contributed by atoms with Crippen molar-refractivity contribution < 1.29 is 4.79 Å². The molecular formula is C12H12N2O. The van der Waals surface area contributed by atoms with Crippen LogP contribution in [0.1, 0.15) is 16.1 Å². The molecule has 0 saturated heterocycles. The van der Waals surface area contributed by atoms with Crippen LogP contribution in [-0.2, 0) is 7.05 Å². The van der Waals surface area contributed by atoms with Crippen LogP contribution in [0.4, 0.5) is 0 Å². The van der Waals surface area contributed by atoms with E-state index < -0.39 is 0 Å². The number of aromatic nitrogens is 2. The highest BCUT2D eigenvalue weighted by Crippen LogP contribution is 2.22. The van der Waals surface area contributed by atoms with E-state index in [9.17, 15) is 4.79 Å². The molecule has 15 heavy (non-hydrogen) atoms. The zero-order valence-electron chi connectivity index (χ0n) is 8.77. The summed E-state index contributed by atoms with van der Waals surface area (Å²) in [6.45, 7) is 1.94. The maximum atomic E-state index is 10.9. The Morgan fingerprint density at radius 2 is 2.07 bits per heavy atom. The number of benzene rings is 1. The molecule has 0 amide bonds. The number of rotatable bonds is 2. The first kappa shape index (κ1) is 9.65. The van der Waals surface area contributed by atoms with Crippen LogP contribution >= 0.6 is 0 Å². The van der Waals surface area contributed by atoms with Crippen molar-refractivity contribution in [3.63, 3.8) is 0 Å². The van der Waals surface area contributed by atoms with Gasteiger partial charge in [-0.2, -0.15) is 5.10 Å². The van der Waals surface area contributed by atoms with Gasteiger partial charge in [-0.1, -0.05) is 24.3 Å². The fourth-order valence-electron chi connectivity index (χ4n) is 1.70. The Morgan fingerprint density at radius 3 is 2.67 bits per heavy atom. The lowest BCUT2D eigenvalue weighted by Gasteiger charge is -2.04. The molecule has 0 unspecified atom stereocenters. The molecule has 1 aromatic heterocycles. The number of carbonyl (C=O) groups is 1. The largest absolute Gasteiger partial charge is 0.298 e. The second kappa shape index (κ2) is 3.69. The van der Waals surface area contributed by atoms with Crippen LogP contribution in [0.2, 0.25) is 0 Å².